The van der Waals surface area contributed by atoms with Crippen LogP contribution in [0.3, 0.4) is 0 Å². The Hall–Kier alpha value is -4.93. The topological polar surface area (TPSA) is 183 Å². The van der Waals surface area contributed by atoms with E-state index in [1.165, 1.54) is 67.1 Å². The number of fused-ring (bicyclic) bond motifs is 2. The van der Waals surface area contributed by atoms with E-state index in [0.29, 0.717) is 15.5 Å². The van der Waals surface area contributed by atoms with Gasteiger partial charge >= 0.3 is 10.2 Å². The molecule has 0 radical (unpaired) electrons. The lowest BCUT2D eigenvalue weighted by molar-refractivity contribution is -0.120. The SMILES string of the molecule is C.CN1C(C(=O)Nc2ccc(F)c(Cl)c2)=CC(c2nc3ccccc3s2)=NS1(=O)=O.CN1C(C(=O)Nc2ccc(F)c(Cl)c2)CC(c2nc3ccccc3s2)NS1(=O)=O. The first-order valence-electron chi connectivity index (χ1n) is 16.8. The minimum absolute atomic E-state index is 0. The number of halogens is 4. The van der Waals surface area contributed by atoms with Crippen molar-refractivity contribution in [3.8, 4) is 0 Å². The molecule has 1 fully saturated rings. The fourth-order valence-electron chi connectivity index (χ4n) is 5.73. The summed E-state index contributed by atoms with van der Waals surface area (Å²) in [5.74, 6) is -2.49. The lowest BCUT2D eigenvalue weighted by Crippen LogP contribution is -2.55. The summed E-state index contributed by atoms with van der Waals surface area (Å²) in [6, 6.07) is 20.6. The van der Waals surface area contributed by atoms with E-state index in [-0.39, 0.29) is 46.7 Å². The van der Waals surface area contributed by atoms with Crippen molar-refractivity contribution >= 4 is 116 Å². The van der Waals surface area contributed by atoms with E-state index in [9.17, 15) is 35.2 Å². The Morgan fingerprint density at radius 1 is 0.814 bits per heavy atom. The fraction of sp³-hybridized carbons (Fsp3) is 0.162. The zero-order valence-corrected chi connectivity index (χ0v) is 34.6. The highest BCUT2D eigenvalue weighted by molar-refractivity contribution is 7.88. The summed E-state index contributed by atoms with van der Waals surface area (Å²) in [5, 5.41) is 5.77. The fourth-order valence-corrected chi connectivity index (χ4v) is 10.3. The van der Waals surface area contributed by atoms with Crippen molar-refractivity contribution in [2.75, 3.05) is 24.7 Å². The summed E-state index contributed by atoms with van der Waals surface area (Å²) in [6.45, 7) is 0. The molecule has 0 aliphatic carbocycles. The first kappa shape index (κ1) is 43.6. The number of carbonyl (C=O) groups excluding carboxylic acids is 2. The Kier molecular flexibility index (Phi) is 12.8. The average molecular weight is 922 g/mol. The van der Waals surface area contributed by atoms with Gasteiger partial charge in [0.15, 0.2) is 0 Å². The molecule has 3 N–H and O–H groups in total. The molecule has 59 heavy (non-hydrogen) atoms. The van der Waals surface area contributed by atoms with Crippen LogP contribution in [0, 0.1) is 11.6 Å². The molecule has 0 spiro atoms. The number of hydrogen-bond donors (Lipinski definition) is 3. The van der Waals surface area contributed by atoms with Crippen LogP contribution in [0.5, 0.6) is 0 Å². The van der Waals surface area contributed by atoms with Crippen LogP contribution >= 0.6 is 45.9 Å². The number of carbonyl (C=O) groups is 2. The van der Waals surface area contributed by atoms with Crippen molar-refractivity contribution in [3.05, 3.63) is 128 Å². The number of benzene rings is 4. The molecule has 2 aromatic heterocycles. The Bertz CT molecular complexity index is 2840. The molecule has 4 aromatic carbocycles. The van der Waals surface area contributed by atoms with Crippen molar-refractivity contribution in [2.45, 2.75) is 25.9 Å². The summed E-state index contributed by atoms with van der Waals surface area (Å²) in [4.78, 5) is 34.4. The van der Waals surface area contributed by atoms with Crippen LogP contribution in [0.1, 0.15) is 29.9 Å². The number of nitrogens with zero attached hydrogens (tertiary/aromatic N) is 5. The Balaban J connectivity index is 0.000000195. The molecule has 1 saturated heterocycles. The molecule has 0 saturated carbocycles. The van der Waals surface area contributed by atoms with Gasteiger partial charge in [0.05, 0.1) is 36.5 Å². The van der Waals surface area contributed by atoms with E-state index in [4.69, 9.17) is 23.2 Å². The second-order valence-electron chi connectivity index (χ2n) is 12.6. The minimum Gasteiger partial charge on any atom is -0.325 e. The number of hydrogen-bond acceptors (Lipinski definition) is 10. The van der Waals surface area contributed by atoms with Crippen LogP contribution < -0.4 is 15.4 Å². The molecule has 4 heterocycles. The summed E-state index contributed by atoms with van der Waals surface area (Å²) >= 11 is 14.1. The number of likely N-dealkylation sites (N-methyl/N-ethyl adjacent to an activating group) is 2. The van der Waals surface area contributed by atoms with Gasteiger partial charge in [0.25, 0.3) is 16.1 Å². The average Bonchev–Trinajstić information content (AvgIpc) is 3.82. The summed E-state index contributed by atoms with van der Waals surface area (Å²) < 4.78 is 86.7. The first-order chi connectivity index (χ1) is 27.5. The van der Waals surface area contributed by atoms with Gasteiger partial charge < -0.3 is 10.6 Å². The van der Waals surface area contributed by atoms with Crippen molar-refractivity contribution in [1.29, 1.82) is 0 Å². The van der Waals surface area contributed by atoms with E-state index < -0.39 is 56.0 Å². The molecular formula is C37H32Cl2F2N8O6S4. The minimum atomic E-state index is -4.12. The first-order valence-corrected chi connectivity index (χ1v) is 22.0. The molecule has 2 aliphatic heterocycles. The standard InChI is InChI=1S/C18H16ClFN4O3S2.C18H12ClFN4O3S2.CH4/c2*1-24-15(17(25)21-10-6-7-12(20)11(19)8-10)9-14(23-29(24,26)27)18-22-13-4-2-3-5-16(13)28-18;/h2-8,14-15,23H,9H2,1H3,(H,21,25);2-9H,1H3,(H,21,25);1H4. The van der Waals surface area contributed by atoms with E-state index in [0.717, 1.165) is 35.7 Å². The number of amides is 2. The molecule has 308 valence electrons. The maximum atomic E-state index is 13.3. The number of aromatic nitrogens is 2. The zero-order valence-electron chi connectivity index (χ0n) is 29.9. The largest absolute Gasteiger partial charge is 0.345 e. The van der Waals surface area contributed by atoms with Crippen LogP contribution in [0.25, 0.3) is 20.4 Å². The lowest BCUT2D eigenvalue weighted by Gasteiger charge is -2.35. The highest BCUT2D eigenvalue weighted by Gasteiger charge is 2.42. The van der Waals surface area contributed by atoms with E-state index in [2.05, 4.69) is 29.7 Å². The van der Waals surface area contributed by atoms with Crippen LogP contribution in [-0.4, -0.2) is 73.1 Å². The second-order valence-corrected chi connectivity index (χ2v) is 18.9. The monoisotopic (exact) mass is 920 g/mol. The summed E-state index contributed by atoms with van der Waals surface area (Å²) in [7, 11) is -5.47. The molecule has 14 nitrogen and oxygen atoms in total. The predicted octanol–water partition coefficient (Wildman–Crippen LogP) is 7.53. The molecule has 8 rings (SSSR count). The van der Waals surface area contributed by atoms with Crippen LogP contribution in [0.4, 0.5) is 20.2 Å². The predicted molar refractivity (Wildman–Crippen MR) is 228 cm³/mol. The molecule has 22 heteroatoms. The molecule has 6 aromatic rings. The number of allylic oxidation sites excluding steroid dienone is 1. The third-order valence-electron chi connectivity index (χ3n) is 8.76. The van der Waals surface area contributed by atoms with Gasteiger partial charge in [-0.1, -0.05) is 54.9 Å². The smallest absolute Gasteiger partial charge is 0.325 e. The van der Waals surface area contributed by atoms with Gasteiger partial charge in [-0.05, 0) is 73.2 Å². The molecule has 2 unspecified atom stereocenters. The second kappa shape index (κ2) is 17.3. The van der Waals surface area contributed by atoms with E-state index in [1.54, 1.807) is 6.07 Å². The quantitative estimate of drug-likeness (QED) is 0.153. The highest BCUT2D eigenvalue weighted by atomic mass is 35.5. The van der Waals surface area contributed by atoms with E-state index >= 15 is 0 Å². The van der Waals surface area contributed by atoms with Gasteiger partial charge in [0.2, 0.25) is 5.91 Å². The van der Waals surface area contributed by atoms with E-state index in [1.807, 2.05) is 42.5 Å². The molecule has 2 amide bonds. The zero-order chi connectivity index (χ0) is 41.5. The molecule has 0 bridgehead atoms. The van der Waals surface area contributed by atoms with Crippen LogP contribution in [0.2, 0.25) is 10.0 Å². The third kappa shape index (κ3) is 9.44. The van der Waals surface area contributed by atoms with Gasteiger partial charge in [-0.2, -0.15) is 25.9 Å². The molecule has 2 atom stereocenters. The van der Waals surface area contributed by atoms with Crippen molar-refractivity contribution in [3.63, 3.8) is 0 Å². The summed E-state index contributed by atoms with van der Waals surface area (Å²) in [5.41, 5.74) is 1.88. The number of rotatable bonds is 6. The number of para-hydroxylation sites is 2. The van der Waals surface area contributed by atoms with Gasteiger partial charge in [-0.25, -0.2) is 23.1 Å². The number of thiazole rings is 2. The van der Waals surface area contributed by atoms with Crippen molar-refractivity contribution < 1.29 is 35.2 Å². The third-order valence-corrected chi connectivity index (χ3v) is 14.5. The van der Waals surface area contributed by atoms with Gasteiger partial charge in [0, 0.05) is 25.5 Å². The van der Waals surface area contributed by atoms with Crippen molar-refractivity contribution in [2.24, 2.45) is 4.40 Å². The maximum absolute atomic E-state index is 13.3. The molecular weight excluding hydrogens is 890 g/mol. The van der Waals surface area contributed by atoms with Crippen LogP contribution in [-0.2, 0) is 30.0 Å². The Labute approximate surface area is 355 Å². The maximum Gasteiger partial charge on any atom is 0.345 e. The van der Waals surface area contributed by atoms with Gasteiger partial charge in [-0.3, -0.25) is 9.59 Å². The normalized spacial score (nSPS) is 18.5. The summed E-state index contributed by atoms with van der Waals surface area (Å²) in [6.07, 6.45) is 1.54. The van der Waals surface area contributed by atoms with Crippen molar-refractivity contribution in [1.82, 2.24) is 23.3 Å². The van der Waals surface area contributed by atoms with Crippen LogP contribution in [0.15, 0.2) is 101 Å². The Morgan fingerprint density at radius 2 is 1.37 bits per heavy atom. The lowest BCUT2D eigenvalue weighted by atomic mass is 10.1. The highest BCUT2D eigenvalue weighted by Crippen LogP contribution is 2.34. The van der Waals surface area contributed by atoms with Gasteiger partial charge in [0.1, 0.15) is 39.1 Å². The number of nitrogens with one attached hydrogen (secondary N) is 3. The molecule has 2 aliphatic rings. The Morgan fingerprint density at radius 3 is 1.95 bits per heavy atom. The number of anilines is 2. The van der Waals surface area contributed by atoms with Gasteiger partial charge in [-0.15, -0.1) is 27.1 Å².